The van der Waals surface area contributed by atoms with E-state index in [0.717, 1.165) is 52.0 Å². The lowest BCUT2D eigenvalue weighted by atomic mass is 9.97. The number of morpholine rings is 1. The molecule has 20 heavy (non-hydrogen) atoms. The quantitative estimate of drug-likeness (QED) is 0.744. The lowest BCUT2D eigenvalue weighted by molar-refractivity contribution is -0.126. The molecule has 0 aromatic heterocycles. The summed E-state index contributed by atoms with van der Waals surface area (Å²) in [6.45, 7) is 12.9. The lowest BCUT2D eigenvalue weighted by Gasteiger charge is -2.41. The first-order valence-electron chi connectivity index (χ1n) is 8.11. The molecule has 0 aliphatic carbocycles. The average Bonchev–Trinajstić information content (AvgIpc) is 2.47. The van der Waals surface area contributed by atoms with Crippen molar-refractivity contribution < 1.29 is 9.53 Å². The van der Waals surface area contributed by atoms with Gasteiger partial charge >= 0.3 is 0 Å². The van der Waals surface area contributed by atoms with E-state index in [4.69, 9.17) is 4.74 Å². The molecule has 1 saturated heterocycles. The molecule has 0 bridgehead atoms. The minimum Gasteiger partial charge on any atom is -0.379 e. The molecule has 1 unspecified atom stereocenters. The van der Waals surface area contributed by atoms with E-state index in [9.17, 15) is 4.79 Å². The van der Waals surface area contributed by atoms with Crippen molar-refractivity contribution in [3.8, 4) is 0 Å². The fourth-order valence-corrected chi connectivity index (χ4v) is 2.70. The fraction of sp³-hybridized carbons (Fsp3) is 0.938. The zero-order valence-corrected chi connectivity index (χ0v) is 13.7. The second-order valence-electron chi connectivity index (χ2n) is 6.38. The van der Waals surface area contributed by atoms with Crippen LogP contribution in [-0.4, -0.2) is 49.2 Å². The fourth-order valence-electron chi connectivity index (χ4n) is 2.70. The SMILES string of the molecule is CCCCC(CC)C(=O)NCC(C)(C)N1CCOCC1. The summed E-state index contributed by atoms with van der Waals surface area (Å²) in [5, 5.41) is 3.16. The van der Waals surface area contributed by atoms with Crippen molar-refractivity contribution in [1.29, 1.82) is 0 Å². The standard InChI is InChI=1S/C16H32N2O2/c1-5-7-8-14(6-2)15(19)17-13-16(3,4)18-9-11-20-12-10-18/h14H,5-13H2,1-4H3,(H,17,19). The summed E-state index contributed by atoms with van der Waals surface area (Å²) in [5.41, 5.74) is 0.00247. The van der Waals surface area contributed by atoms with Crippen molar-refractivity contribution in [2.45, 2.75) is 58.9 Å². The molecule has 0 radical (unpaired) electrons. The summed E-state index contributed by atoms with van der Waals surface area (Å²) in [7, 11) is 0. The molecule has 118 valence electrons. The van der Waals surface area contributed by atoms with E-state index < -0.39 is 0 Å². The van der Waals surface area contributed by atoms with Crippen molar-refractivity contribution in [3.63, 3.8) is 0 Å². The van der Waals surface area contributed by atoms with Gasteiger partial charge in [-0.3, -0.25) is 9.69 Å². The topological polar surface area (TPSA) is 41.6 Å². The average molecular weight is 284 g/mol. The number of unbranched alkanes of at least 4 members (excludes halogenated alkanes) is 1. The molecular weight excluding hydrogens is 252 g/mol. The molecule has 4 nitrogen and oxygen atoms in total. The van der Waals surface area contributed by atoms with Crippen LogP contribution in [0, 0.1) is 5.92 Å². The van der Waals surface area contributed by atoms with Gasteiger partial charge < -0.3 is 10.1 Å². The number of amides is 1. The highest BCUT2D eigenvalue weighted by Gasteiger charge is 2.29. The second kappa shape index (κ2) is 8.63. The van der Waals surface area contributed by atoms with Crippen LogP contribution in [0.25, 0.3) is 0 Å². The van der Waals surface area contributed by atoms with Gasteiger partial charge in [-0.2, -0.15) is 0 Å². The zero-order chi connectivity index (χ0) is 15.0. The Labute approximate surface area is 124 Å². The molecule has 0 saturated carbocycles. The van der Waals surface area contributed by atoms with Gasteiger partial charge in [0.05, 0.1) is 13.2 Å². The first-order chi connectivity index (χ1) is 9.51. The maximum Gasteiger partial charge on any atom is 0.223 e. The molecule has 1 atom stereocenters. The van der Waals surface area contributed by atoms with Gasteiger partial charge in [0.2, 0.25) is 5.91 Å². The summed E-state index contributed by atoms with van der Waals surface area (Å²) < 4.78 is 5.39. The molecule has 1 rings (SSSR count). The first-order valence-corrected chi connectivity index (χ1v) is 8.11. The van der Waals surface area contributed by atoms with E-state index in [1.165, 1.54) is 0 Å². The maximum absolute atomic E-state index is 12.3. The number of nitrogens with zero attached hydrogens (tertiary/aromatic N) is 1. The summed E-state index contributed by atoms with van der Waals surface area (Å²) in [5.74, 6) is 0.401. The Morgan fingerprint density at radius 2 is 1.95 bits per heavy atom. The van der Waals surface area contributed by atoms with Crippen LogP contribution in [0.4, 0.5) is 0 Å². The number of rotatable bonds is 8. The highest BCUT2D eigenvalue weighted by atomic mass is 16.5. The third-order valence-corrected chi connectivity index (χ3v) is 4.33. The maximum atomic E-state index is 12.3. The Hall–Kier alpha value is -0.610. The third kappa shape index (κ3) is 5.41. The van der Waals surface area contributed by atoms with Crippen LogP contribution in [0.2, 0.25) is 0 Å². The number of nitrogens with one attached hydrogen (secondary N) is 1. The molecule has 0 aromatic carbocycles. The molecule has 1 aliphatic heterocycles. The van der Waals surface area contributed by atoms with E-state index in [-0.39, 0.29) is 17.4 Å². The van der Waals surface area contributed by atoms with Gasteiger partial charge in [-0.05, 0) is 26.7 Å². The van der Waals surface area contributed by atoms with Crippen molar-refractivity contribution in [1.82, 2.24) is 10.2 Å². The third-order valence-electron chi connectivity index (χ3n) is 4.33. The zero-order valence-electron chi connectivity index (χ0n) is 13.7. The number of carbonyl (C=O) groups is 1. The van der Waals surface area contributed by atoms with Crippen LogP contribution in [0.5, 0.6) is 0 Å². The van der Waals surface area contributed by atoms with Gasteiger partial charge in [0, 0.05) is 31.1 Å². The predicted octanol–water partition coefficient (Wildman–Crippen LogP) is 2.43. The van der Waals surface area contributed by atoms with Crippen LogP contribution < -0.4 is 5.32 Å². The molecule has 0 aromatic rings. The molecule has 1 heterocycles. The van der Waals surface area contributed by atoms with E-state index in [2.05, 4.69) is 37.9 Å². The Morgan fingerprint density at radius 1 is 1.30 bits per heavy atom. The predicted molar refractivity (Wildman–Crippen MR) is 82.8 cm³/mol. The number of hydrogen-bond donors (Lipinski definition) is 1. The molecule has 1 aliphatic rings. The second-order valence-corrected chi connectivity index (χ2v) is 6.38. The van der Waals surface area contributed by atoms with Crippen molar-refractivity contribution in [2.24, 2.45) is 5.92 Å². The van der Waals surface area contributed by atoms with Crippen LogP contribution in [0.3, 0.4) is 0 Å². The van der Waals surface area contributed by atoms with Gasteiger partial charge in [0.15, 0.2) is 0 Å². The minimum absolute atomic E-state index is 0.00247. The largest absolute Gasteiger partial charge is 0.379 e. The Balaban J connectivity index is 2.40. The molecule has 4 heteroatoms. The van der Waals surface area contributed by atoms with Crippen molar-refractivity contribution in [3.05, 3.63) is 0 Å². The highest BCUT2D eigenvalue weighted by molar-refractivity contribution is 5.78. The van der Waals surface area contributed by atoms with E-state index in [1.54, 1.807) is 0 Å². The van der Waals surface area contributed by atoms with Gasteiger partial charge in [0.25, 0.3) is 0 Å². The summed E-state index contributed by atoms with van der Waals surface area (Å²) in [4.78, 5) is 14.7. The van der Waals surface area contributed by atoms with Gasteiger partial charge in [-0.15, -0.1) is 0 Å². The number of ether oxygens (including phenoxy) is 1. The van der Waals surface area contributed by atoms with Crippen LogP contribution in [-0.2, 0) is 9.53 Å². The molecule has 1 fully saturated rings. The summed E-state index contributed by atoms with van der Waals surface area (Å²) in [6.07, 6.45) is 4.24. The minimum atomic E-state index is 0.00247. The Kier molecular flexibility index (Phi) is 7.52. The number of hydrogen-bond acceptors (Lipinski definition) is 3. The van der Waals surface area contributed by atoms with Crippen LogP contribution in [0.1, 0.15) is 53.4 Å². The smallest absolute Gasteiger partial charge is 0.223 e. The van der Waals surface area contributed by atoms with Gasteiger partial charge in [-0.25, -0.2) is 0 Å². The number of carbonyl (C=O) groups excluding carboxylic acids is 1. The van der Waals surface area contributed by atoms with E-state index in [1.807, 2.05) is 0 Å². The van der Waals surface area contributed by atoms with E-state index >= 15 is 0 Å². The van der Waals surface area contributed by atoms with E-state index in [0.29, 0.717) is 6.54 Å². The lowest BCUT2D eigenvalue weighted by Crippen LogP contribution is -2.55. The summed E-state index contributed by atoms with van der Waals surface area (Å²) >= 11 is 0. The Morgan fingerprint density at radius 3 is 2.50 bits per heavy atom. The van der Waals surface area contributed by atoms with Crippen molar-refractivity contribution >= 4 is 5.91 Å². The molecule has 1 N–H and O–H groups in total. The first kappa shape index (κ1) is 17.4. The summed E-state index contributed by atoms with van der Waals surface area (Å²) in [6, 6.07) is 0. The Bertz CT molecular complexity index is 286. The molecule has 0 spiro atoms. The van der Waals surface area contributed by atoms with Gasteiger partial charge in [0.1, 0.15) is 0 Å². The highest BCUT2D eigenvalue weighted by Crippen LogP contribution is 2.17. The van der Waals surface area contributed by atoms with Crippen LogP contribution in [0.15, 0.2) is 0 Å². The van der Waals surface area contributed by atoms with Gasteiger partial charge in [-0.1, -0.05) is 26.7 Å². The van der Waals surface area contributed by atoms with Crippen molar-refractivity contribution in [2.75, 3.05) is 32.8 Å². The molecule has 1 amide bonds. The normalized spacial score (nSPS) is 18.8. The molecular formula is C16H32N2O2. The van der Waals surface area contributed by atoms with Crippen LogP contribution >= 0.6 is 0 Å². The monoisotopic (exact) mass is 284 g/mol.